The predicted molar refractivity (Wildman–Crippen MR) is 65.3 cm³/mol. The Balaban J connectivity index is 2.69. The molecule has 0 aliphatic heterocycles. The maximum Gasteiger partial charge on any atom is 0.128 e. The van der Waals surface area contributed by atoms with E-state index in [1.807, 2.05) is 18.3 Å². The highest BCUT2D eigenvalue weighted by atomic mass is 79.9. The molecule has 0 saturated carbocycles. The van der Waals surface area contributed by atoms with E-state index in [-0.39, 0.29) is 0 Å². The number of hydrogen-bond donors (Lipinski definition) is 2. The summed E-state index contributed by atoms with van der Waals surface area (Å²) >= 11 is 3.51. The number of rotatable bonds is 3. The molecule has 0 amide bonds. The molecule has 0 bridgehead atoms. The Bertz CT molecular complexity index is 479. The molecule has 1 heterocycles. The topological polar surface area (TPSA) is 51.0 Å². The molecule has 0 spiro atoms. The van der Waals surface area contributed by atoms with Gasteiger partial charge in [-0.25, -0.2) is 0 Å². The first-order valence-electron chi connectivity index (χ1n) is 4.80. The van der Waals surface area contributed by atoms with Crippen LogP contribution in [-0.2, 0) is 6.42 Å². The summed E-state index contributed by atoms with van der Waals surface area (Å²) in [6, 6.07) is 3.93. The van der Waals surface area contributed by atoms with E-state index in [4.69, 9.17) is 10.5 Å². The molecular formula is C11H13BrN2O. The number of nitrogens with one attached hydrogen (secondary N) is 1. The van der Waals surface area contributed by atoms with Crippen LogP contribution in [0.2, 0.25) is 0 Å². The van der Waals surface area contributed by atoms with E-state index in [0.29, 0.717) is 6.54 Å². The largest absolute Gasteiger partial charge is 0.496 e. The molecule has 0 saturated heterocycles. The summed E-state index contributed by atoms with van der Waals surface area (Å²) in [5, 5.41) is 1.12. The number of H-pyrrole nitrogens is 1. The molecule has 2 rings (SSSR count). The van der Waals surface area contributed by atoms with Gasteiger partial charge in [0.25, 0.3) is 0 Å². The molecule has 1 aromatic heterocycles. The summed E-state index contributed by atoms with van der Waals surface area (Å²) in [6.07, 6.45) is 2.84. The van der Waals surface area contributed by atoms with Crippen LogP contribution in [0.5, 0.6) is 5.75 Å². The summed E-state index contributed by atoms with van der Waals surface area (Å²) in [5.74, 6) is 0.887. The smallest absolute Gasteiger partial charge is 0.128 e. The highest BCUT2D eigenvalue weighted by Crippen LogP contribution is 2.33. The highest BCUT2D eigenvalue weighted by Gasteiger charge is 2.10. The second kappa shape index (κ2) is 4.24. The number of aromatic amines is 1. The fraction of sp³-hybridized carbons (Fsp3) is 0.273. The maximum absolute atomic E-state index is 5.57. The van der Waals surface area contributed by atoms with Gasteiger partial charge in [0.05, 0.1) is 12.6 Å². The van der Waals surface area contributed by atoms with Crippen molar-refractivity contribution >= 4 is 26.8 Å². The molecule has 1 aromatic carbocycles. The van der Waals surface area contributed by atoms with Crippen LogP contribution >= 0.6 is 15.9 Å². The van der Waals surface area contributed by atoms with E-state index < -0.39 is 0 Å². The first-order chi connectivity index (χ1) is 7.27. The van der Waals surface area contributed by atoms with Crippen LogP contribution in [0.15, 0.2) is 22.8 Å². The average molecular weight is 269 g/mol. The normalized spacial score (nSPS) is 10.9. The predicted octanol–water partition coefficient (Wildman–Crippen LogP) is 2.44. The van der Waals surface area contributed by atoms with Crippen LogP contribution in [0.1, 0.15) is 5.56 Å². The van der Waals surface area contributed by atoms with Crippen molar-refractivity contribution in [3.8, 4) is 5.75 Å². The average Bonchev–Trinajstić information content (AvgIpc) is 2.65. The molecule has 0 fully saturated rings. The lowest BCUT2D eigenvalue weighted by molar-refractivity contribution is 0.419. The zero-order valence-electron chi connectivity index (χ0n) is 8.51. The number of benzene rings is 1. The van der Waals surface area contributed by atoms with Gasteiger partial charge in [-0.2, -0.15) is 0 Å². The van der Waals surface area contributed by atoms with E-state index in [1.165, 1.54) is 5.56 Å². The Kier molecular flexibility index (Phi) is 2.98. The Morgan fingerprint density at radius 2 is 2.27 bits per heavy atom. The van der Waals surface area contributed by atoms with Gasteiger partial charge >= 0.3 is 0 Å². The van der Waals surface area contributed by atoms with Crippen molar-refractivity contribution in [3.05, 3.63) is 28.4 Å². The molecule has 2 aromatic rings. The molecule has 3 nitrogen and oxygen atoms in total. The number of hydrogen-bond acceptors (Lipinski definition) is 2. The molecule has 0 unspecified atom stereocenters. The molecular weight excluding hydrogens is 256 g/mol. The number of methoxy groups -OCH3 is 1. The molecule has 0 aliphatic carbocycles. The van der Waals surface area contributed by atoms with Crippen molar-refractivity contribution in [2.75, 3.05) is 13.7 Å². The van der Waals surface area contributed by atoms with E-state index >= 15 is 0 Å². The minimum atomic E-state index is 0.641. The lowest BCUT2D eigenvalue weighted by Crippen LogP contribution is -2.02. The van der Waals surface area contributed by atoms with Gasteiger partial charge in [0.1, 0.15) is 5.75 Å². The summed E-state index contributed by atoms with van der Waals surface area (Å²) in [7, 11) is 1.68. The van der Waals surface area contributed by atoms with Gasteiger partial charge in [0.2, 0.25) is 0 Å². The molecule has 4 heteroatoms. The fourth-order valence-electron chi connectivity index (χ4n) is 1.77. The second-order valence-electron chi connectivity index (χ2n) is 3.35. The Hall–Kier alpha value is -1.00. The van der Waals surface area contributed by atoms with Gasteiger partial charge in [-0.15, -0.1) is 0 Å². The van der Waals surface area contributed by atoms with Gasteiger partial charge < -0.3 is 15.5 Å². The van der Waals surface area contributed by atoms with Crippen molar-refractivity contribution in [1.29, 1.82) is 0 Å². The van der Waals surface area contributed by atoms with Crippen LogP contribution in [0.4, 0.5) is 0 Å². The van der Waals surface area contributed by atoms with Crippen molar-refractivity contribution in [1.82, 2.24) is 4.98 Å². The fourth-order valence-corrected chi connectivity index (χ4v) is 2.22. The quantitative estimate of drug-likeness (QED) is 0.899. The minimum Gasteiger partial charge on any atom is -0.496 e. The van der Waals surface area contributed by atoms with E-state index in [0.717, 1.165) is 27.5 Å². The molecule has 3 N–H and O–H groups in total. The third kappa shape index (κ3) is 1.75. The number of fused-ring (bicyclic) bond motifs is 1. The van der Waals surface area contributed by atoms with Crippen LogP contribution in [0, 0.1) is 0 Å². The van der Waals surface area contributed by atoms with Gasteiger partial charge in [0.15, 0.2) is 0 Å². The number of nitrogens with two attached hydrogens (primary N) is 1. The van der Waals surface area contributed by atoms with Crippen LogP contribution in [-0.4, -0.2) is 18.6 Å². The minimum absolute atomic E-state index is 0.641. The monoisotopic (exact) mass is 268 g/mol. The highest BCUT2D eigenvalue weighted by molar-refractivity contribution is 9.10. The zero-order valence-corrected chi connectivity index (χ0v) is 10.1. The van der Waals surface area contributed by atoms with Gasteiger partial charge in [-0.05, 0) is 46.6 Å². The Morgan fingerprint density at radius 3 is 2.93 bits per heavy atom. The molecule has 15 heavy (non-hydrogen) atoms. The van der Waals surface area contributed by atoms with Gasteiger partial charge in [0, 0.05) is 16.1 Å². The van der Waals surface area contributed by atoms with Crippen molar-refractivity contribution < 1.29 is 4.74 Å². The SMILES string of the molecule is COc1ccc(Br)c2[nH]cc(CCN)c12. The number of ether oxygens (including phenoxy) is 1. The Labute approximate surface area is 96.7 Å². The van der Waals surface area contributed by atoms with Crippen molar-refractivity contribution in [3.63, 3.8) is 0 Å². The van der Waals surface area contributed by atoms with Gasteiger partial charge in [-0.3, -0.25) is 0 Å². The lowest BCUT2D eigenvalue weighted by Gasteiger charge is -2.05. The number of halogens is 1. The first-order valence-corrected chi connectivity index (χ1v) is 5.59. The molecule has 0 atom stereocenters. The second-order valence-corrected chi connectivity index (χ2v) is 4.21. The van der Waals surface area contributed by atoms with Crippen molar-refractivity contribution in [2.24, 2.45) is 5.73 Å². The molecule has 80 valence electrons. The third-order valence-corrected chi connectivity index (χ3v) is 3.12. The van der Waals surface area contributed by atoms with E-state index in [9.17, 15) is 0 Å². The molecule has 0 aliphatic rings. The van der Waals surface area contributed by atoms with Gasteiger partial charge in [-0.1, -0.05) is 0 Å². The standard InChI is InChI=1S/C11H13BrN2O/c1-15-9-3-2-8(12)11-10(9)7(4-5-13)6-14-11/h2-3,6,14H,4-5,13H2,1H3. The summed E-state index contributed by atoms with van der Waals surface area (Å²) in [6.45, 7) is 0.641. The van der Waals surface area contributed by atoms with Crippen molar-refractivity contribution in [2.45, 2.75) is 6.42 Å². The van der Waals surface area contributed by atoms with E-state index in [1.54, 1.807) is 7.11 Å². The van der Waals surface area contributed by atoms with E-state index in [2.05, 4.69) is 20.9 Å². The summed E-state index contributed by atoms with van der Waals surface area (Å²) < 4.78 is 6.39. The first kappa shape index (κ1) is 10.5. The van der Waals surface area contributed by atoms with Crippen LogP contribution in [0.3, 0.4) is 0 Å². The summed E-state index contributed by atoms with van der Waals surface area (Å²) in [5.41, 5.74) is 7.84. The van der Waals surface area contributed by atoms with Crippen LogP contribution < -0.4 is 10.5 Å². The third-order valence-electron chi connectivity index (χ3n) is 2.46. The number of aromatic nitrogens is 1. The van der Waals surface area contributed by atoms with Crippen LogP contribution in [0.25, 0.3) is 10.9 Å². The Morgan fingerprint density at radius 1 is 1.47 bits per heavy atom. The lowest BCUT2D eigenvalue weighted by atomic mass is 10.1. The maximum atomic E-state index is 5.57. The molecule has 0 radical (unpaired) electrons. The summed E-state index contributed by atoms with van der Waals surface area (Å²) in [4.78, 5) is 3.23. The zero-order chi connectivity index (χ0) is 10.8.